The minimum Gasteiger partial charge on any atom is -0.326 e. The first-order chi connectivity index (χ1) is 11.4. The van der Waals surface area contributed by atoms with Gasteiger partial charge in [-0.3, -0.25) is 4.79 Å². The van der Waals surface area contributed by atoms with Crippen LogP contribution < -0.4 is 10.0 Å². The first-order valence-electron chi connectivity index (χ1n) is 7.90. The highest BCUT2D eigenvalue weighted by atomic mass is 32.2. The lowest BCUT2D eigenvalue weighted by Gasteiger charge is -2.08. The summed E-state index contributed by atoms with van der Waals surface area (Å²) < 4.78 is 27.1. The number of rotatable bonds is 6. The number of sulfonamides is 1. The molecule has 2 aromatic rings. The standard InChI is InChI=1S/C18H20N2O3S/c1-13-2-10-17(11-3-13)24(22,23)19-12-14-4-8-16(9-5-14)20-18(21)15-6-7-15/h2-5,8-11,15,19H,6-7,12H2,1H3,(H,20,21). The molecule has 1 aliphatic rings. The molecule has 1 saturated carbocycles. The van der Waals surface area contributed by atoms with E-state index in [0.717, 1.165) is 29.7 Å². The van der Waals surface area contributed by atoms with Crippen molar-refractivity contribution in [3.05, 3.63) is 59.7 Å². The van der Waals surface area contributed by atoms with Gasteiger partial charge in [0.05, 0.1) is 4.90 Å². The van der Waals surface area contributed by atoms with Crippen LogP contribution in [0.1, 0.15) is 24.0 Å². The van der Waals surface area contributed by atoms with Gasteiger partial charge in [-0.15, -0.1) is 0 Å². The average Bonchev–Trinajstić information content (AvgIpc) is 3.40. The molecule has 0 bridgehead atoms. The lowest BCUT2D eigenvalue weighted by atomic mass is 10.2. The van der Waals surface area contributed by atoms with E-state index in [-0.39, 0.29) is 23.3 Å². The molecule has 1 amide bonds. The zero-order valence-electron chi connectivity index (χ0n) is 13.5. The summed E-state index contributed by atoms with van der Waals surface area (Å²) in [5, 5.41) is 2.86. The van der Waals surface area contributed by atoms with Crippen molar-refractivity contribution in [2.45, 2.75) is 31.2 Å². The molecule has 6 heteroatoms. The predicted octanol–water partition coefficient (Wildman–Crippen LogP) is 2.82. The van der Waals surface area contributed by atoms with Crippen LogP contribution in [0, 0.1) is 12.8 Å². The first-order valence-corrected chi connectivity index (χ1v) is 9.38. The third-order valence-corrected chi connectivity index (χ3v) is 5.38. The fourth-order valence-corrected chi connectivity index (χ4v) is 3.29. The Kier molecular flexibility index (Phi) is 4.69. The molecule has 3 rings (SSSR count). The molecular formula is C18H20N2O3S. The van der Waals surface area contributed by atoms with E-state index in [2.05, 4.69) is 10.0 Å². The number of hydrogen-bond donors (Lipinski definition) is 2. The van der Waals surface area contributed by atoms with Crippen molar-refractivity contribution in [1.82, 2.24) is 4.72 Å². The summed E-state index contributed by atoms with van der Waals surface area (Å²) in [6.07, 6.45) is 1.93. The van der Waals surface area contributed by atoms with Gasteiger partial charge in [0, 0.05) is 18.2 Å². The van der Waals surface area contributed by atoms with Crippen LogP contribution in [0.25, 0.3) is 0 Å². The van der Waals surface area contributed by atoms with Crippen molar-refractivity contribution in [2.24, 2.45) is 5.92 Å². The van der Waals surface area contributed by atoms with E-state index in [0.29, 0.717) is 0 Å². The second-order valence-corrected chi connectivity index (χ2v) is 7.87. The topological polar surface area (TPSA) is 75.3 Å². The van der Waals surface area contributed by atoms with E-state index >= 15 is 0 Å². The van der Waals surface area contributed by atoms with Crippen LogP contribution in [0.15, 0.2) is 53.4 Å². The summed E-state index contributed by atoms with van der Waals surface area (Å²) in [6.45, 7) is 2.11. The summed E-state index contributed by atoms with van der Waals surface area (Å²) in [7, 11) is -3.53. The molecule has 0 atom stereocenters. The van der Waals surface area contributed by atoms with Gasteiger partial charge in [0.25, 0.3) is 0 Å². The third-order valence-electron chi connectivity index (χ3n) is 3.97. The monoisotopic (exact) mass is 344 g/mol. The number of nitrogens with one attached hydrogen (secondary N) is 2. The van der Waals surface area contributed by atoms with Crippen molar-refractivity contribution in [3.63, 3.8) is 0 Å². The highest BCUT2D eigenvalue weighted by molar-refractivity contribution is 7.89. The summed E-state index contributed by atoms with van der Waals surface area (Å²) in [5.41, 5.74) is 2.57. The molecular weight excluding hydrogens is 324 g/mol. The van der Waals surface area contributed by atoms with Crippen LogP contribution in [0.4, 0.5) is 5.69 Å². The normalized spacial score (nSPS) is 14.4. The highest BCUT2D eigenvalue weighted by Gasteiger charge is 2.29. The maximum absolute atomic E-state index is 12.2. The van der Waals surface area contributed by atoms with Gasteiger partial charge in [-0.05, 0) is 49.6 Å². The molecule has 0 radical (unpaired) electrons. The molecule has 1 aliphatic carbocycles. The van der Waals surface area contributed by atoms with E-state index in [4.69, 9.17) is 0 Å². The summed E-state index contributed by atoms with van der Waals surface area (Å²) in [4.78, 5) is 11.9. The minimum atomic E-state index is -3.53. The van der Waals surface area contributed by atoms with Gasteiger partial charge in [0.1, 0.15) is 0 Å². The van der Waals surface area contributed by atoms with Crippen molar-refractivity contribution < 1.29 is 13.2 Å². The SMILES string of the molecule is Cc1ccc(S(=O)(=O)NCc2ccc(NC(=O)C3CC3)cc2)cc1. The summed E-state index contributed by atoms with van der Waals surface area (Å²) >= 11 is 0. The van der Waals surface area contributed by atoms with Crippen molar-refractivity contribution in [2.75, 3.05) is 5.32 Å². The largest absolute Gasteiger partial charge is 0.326 e. The zero-order chi connectivity index (χ0) is 17.2. The molecule has 0 spiro atoms. The van der Waals surface area contributed by atoms with E-state index in [9.17, 15) is 13.2 Å². The van der Waals surface area contributed by atoms with Crippen LogP contribution in [-0.4, -0.2) is 14.3 Å². The van der Waals surface area contributed by atoms with Gasteiger partial charge in [-0.1, -0.05) is 29.8 Å². The maximum Gasteiger partial charge on any atom is 0.240 e. The number of benzene rings is 2. The number of anilines is 1. The molecule has 0 aromatic heterocycles. The third kappa shape index (κ3) is 4.21. The molecule has 0 unspecified atom stereocenters. The van der Waals surface area contributed by atoms with Crippen molar-refractivity contribution >= 4 is 21.6 Å². The minimum absolute atomic E-state index is 0.0582. The van der Waals surface area contributed by atoms with Gasteiger partial charge >= 0.3 is 0 Å². The Morgan fingerprint density at radius 2 is 1.67 bits per heavy atom. The van der Waals surface area contributed by atoms with Crippen LogP contribution in [0.2, 0.25) is 0 Å². The quantitative estimate of drug-likeness (QED) is 0.846. The van der Waals surface area contributed by atoms with Crippen LogP contribution in [0.5, 0.6) is 0 Å². The molecule has 2 aromatic carbocycles. The van der Waals surface area contributed by atoms with Crippen molar-refractivity contribution in [3.8, 4) is 0 Å². The van der Waals surface area contributed by atoms with Gasteiger partial charge < -0.3 is 5.32 Å². The van der Waals surface area contributed by atoms with Crippen LogP contribution >= 0.6 is 0 Å². The Morgan fingerprint density at radius 1 is 1.04 bits per heavy atom. The van der Waals surface area contributed by atoms with E-state index in [1.54, 1.807) is 48.5 Å². The molecule has 126 valence electrons. The van der Waals surface area contributed by atoms with Crippen LogP contribution in [0.3, 0.4) is 0 Å². The molecule has 24 heavy (non-hydrogen) atoms. The Morgan fingerprint density at radius 3 is 2.25 bits per heavy atom. The molecule has 1 fully saturated rings. The number of carbonyl (C=O) groups excluding carboxylic acids is 1. The van der Waals surface area contributed by atoms with E-state index < -0.39 is 10.0 Å². The van der Waals surface area contributed by atoms with E-state index in [1.165, 1.54) is 0 Å². The Bertz CT molecular complexity index is 824. The Hall–Kier alpha value is -2.18. The molecule has 0 heterocycles. The van der Waals surface area contributed by atoms with Gasteiger partial charge in [-0.25, -0.2) is 13.1 Å². The van der Waals surface area contributed by atoms with Gasteiger partial charge in [0.2, 0.25) is 15.9 Å². The molecule has 5 nitrogen and oxygen atoms in total. The fourth-order valence-electron chi connectivity index (χ4n) is 2.27. The maximum atomic E-state index is 12.2. The number of amides is 1. The smallest absolute Gasteiger partial charge is 0.240 e. The summed E-state index contributed by atoms with van der Waals surface area (Å²) in [6, 6.07) is 13.9. The number of carbonyl (C=O) groups is 1. The highest BCUT2D eigenvalue weighted by Crippen LogP contribution is 2.30. The van der Waals surface area contributed by atoms with E-state index in [1.807, 2.05) is 6.92 Å². The van der Waals surface area contributed by atoms with Gasteiger partial charge in [0.15, 0.2) is 0 Å². The predicted molar refractivity (Wildman–Crippen MR) is 93.0 cm³/mol. The lowest BCUT2D eigenvalue weighted by molar-refractivity contribution is -0.117. The second-order valence-electron chi connectivity index (χ2n) is 6.10. The average molecular weight is 344 g/mol. The Labute approximate surface area is 142 Å². The number of aryl methyl sites for hydroxylation is 1. The lowest BCUT2D eigenvalue weighted by Crippen LogP contribution is -2.23. The van der Waals surface area contributed by atoms with Crippen LogP contribution in [-0.2, 0) is 21.4 Å². The number of hydrogen-bond acceptors (Lipinski definition) is 3. The fraction of sp³-hybridized carbons (Fsp3) is 0.278. The zero-order valence-corrected chi connectivity index (χ0v) is 14.3. The molecule has 0 aliphatic heterocycles. The summed E-state index contributed by atoms with van der Waals surface area (Å²) in [5.74, 6) is 0.216. The first kappa shape index (κ1) is 16.7. The second kappa shape index (κ2) is 6.75. The Balaban J connectivity index is 1.59. The molecule has 0 saturated heterocycles. The van der Waals surface area contributed by atoms with Gasteiger partial charge in [-0.2, -0.15) is 0 Å². The molecule has 2 N–H and O–H groups in total. The van der Waals surface area contributed by atoms with Crippen molar-refractivity contribution in [1.29, 1.82) is 0 Å².